The van der Waals surface area contributed by atoms with Gasteiger partial charge in [0, 0.05) is 32.1 Å². The summed E-state index contributed by atoms with van der Waals surface area (Å²) in [4.78, 5) is 28.7. The molecule has 0 atom stereocenters. The topological polar surface area (TPSA) is 40.6 Å². The standard InChI is InChI=1S/C14H19ClN2O2S/c1-10(2)13(18)16-6-3-7-17(9-8-16)14(19)11-4-5-12(15)20-11/h4-5,10H,3,6-9H2,1-2H3. The van der Waals surface area contributed by atoms with Crippen molar-refractivity contribution in [2.75, 3.05) is 26.2 Å². The van der Waals surface area contributed by atoms with Gasteiger partial charge >= 0.3 is 0 Å². The molecule has 1 saturated heterocycles. The Morgan fingerprint density at radius 3 is 2.40 bits per heavy atom. The molecule has 0 saturated carbocycles. The van der Waals surface area contributed by atoms with E-state index in [1.807, 2.05) is 23.6 Å². The number of hydrogen-bond acceptors (Lipinski definition) is 3. The van der Waals surface area contributed by atoms with E-state index in [4.69, 9.17) is 11.6 Å². The molecule has 0 aromatic carbocycles. The zero-order valence-electron chi connectivity index (χ0n) is 11.8. The van der Waals surface area contributed by atoms with E-state index in [9.17, 15) is 9.59 Å². The van der Waals surface area contributed by atoms with Crippen molar-refractivity contribution < 1.29 is 9.59 Å². The first kappa shape index (κ1) is 15.3. The van der Waals surface area contributed by atoms with E-state index in [-0.39, 0.29) is 17.7 Å². The molecule has 4 nitrogen and oxygen atoms in total. The first-order chi connectivity index (χ1) is 9.49. The van der Waals surface area contributed by atoms with E-state index in [1.165, 1.54) is 11.3 Å². The number of halogens is 1. The number of carbonyl (C=O) groups is 2. The summed E-state index contributed by atoms with van der Waals surface area (Å²) in [5.41, 5.74) is 0. The summed E-state index contributed by atoms with van der Waals surface area (Å²) in [6.45, 7) is 6.43. The zero-order valence-corrected chi connectivity index (χ0v) is 13.3. The summed E-state index contributed by atoms with van der Waals surface area (Å²) >= 11 is 7.17. The molecule has 1 aliphatic heterocycles. The smallest absolute Gasteiger partial charge is 0.264 e. The van der Waals surface area contributed by atoms with Crippen LogP contribution in [0.2, 0.25) is 4.34 Å². The van der Waals surface area contributed by atoms with Crippen molar-refractivity contribution in [3.05, 3.63) is 21.3 Å². The molecule has 1 aliphatic rings. The maximum Gasteiger partial charge on any atom is 0.264 e. The predicted molar refractivity (Wildman–Crippen MR) is 81.3 cm³/mol. The summed E-state index contributed by atoms with van der Waals surface area (Å²) in [5.74, 6) is 0.188. The van der Waals surface area contributed by atoms with Crippen LogP contribution in [0.4, 0.5) is 0 Å². The SMILES string of the molecule is CC(C)C(=O)N1CCCN(C(=O)c2ccc(Cl)s2)CC1. The van der Waals surface area contributed by atoms with Gasteiger partial charge in [0.2, 0.25) is 5.91 Å². The molecular formula is C14H19ClN2O2S. The van der Waals surface area contributed by atoms with Gasteiger partial charge in [0.1, 0.15) is 0 Å². The lowest BCUT2D eigenvalue weighted by atomic mass is 10.2. The lowest BCUT2D eigenvalue weighted by Gasteiger charge is -2.23. The Morgan fingerprint density at radius 1 is 1.15 bits per heavy atom. The lowest BCUT2D eigenvalue weighted by molar-refractivity contribution is -0.134. The summed E-state index contributed by atoms with van der Waals surface area (Å²) in [5, 5.41) is 0. The highest BCUT2D eigenvalue weighted by molar-refractivity contribution is 7.17. The minimum absolute atomic E-state index is 0.00774. The van der Waals surface area contributed by atoms with Gasteiger partial charge in [-0.15, -0.1) is 11.3 Å². The van der Waals surface area contributed by atoms with Crippen LogP contribution in [0.1, 0.15) is 29.9 Å². The summed E-state index contributed by atoms with van der Waals surface area (Å²) in [6.07, 6.45) is 0.823. The molecule has 1 aromatic rings. The molecule has 2 rings (SSSR count). The van der Waals surface area contributed by atoms with E-state index in [0.717, 1.165) is 13.0 Å². The number of carbonyl (C=O) groups excluding carboxylic acids is 2. The highest BCUT2D eigenvalue weighted by Crippen LogP contribution is 2.23. The highest BCUT2D eigenvalue weighted by atomic mass is 35.5. The van der Waals surface area contributed by atoms with Crippen LogP contribution in [0.3, 0.4) is 0 Å². The molecular weight excluding hydrogens is 296 g/mol. The molecule has 2 heterocycles. The van der Waals surface area contributed by atoms with E-state index in [1.54, 1.807) is 12.1 Å². The van der Waals surface area contributed by atoms with Crippen molar-refractivity contribution in [3.63, 3.8) is 0 Å². The van der Waals surface area contributed by atoms with Crippen LogP contribution >= 0.6 is 22.9 Å². The molecule has 1 fully saturated rings. The van der Waals surface area contributed by atoms with E-state index in [0.29, 0.717) is 28.8 Å². The van der Waals surface area contributed by atoms with Crippen molar-refractivity contribution in [1.29, 1.82) is 0 Å². The molecule has 2 amide bonds. The summed E-state index contributed by atoms with van der Waals surface area (Å²) in [6, 6.07) is 3.50. The quantitative estimate of drug-likeness (QED) is 0.842. The van der Waals surface area contributed by atoms with E-state index < -0.39 is 0 Å². The molecule has 110 valence electrons. The number of thiophene rings is 1. The van der Waals surface area contributed by atoms with Gasteiger partial charge in [-0.05, 0) is 18.6 Å². The summed E-state index contributed by atoms with van der Waals surface area (Å²) in [7, 11) is 0. The van der Waals surface area contributed by atoms with Crippen LogP contribution in [-0.2, 0) is 4.79 Å². The molecule has 0 radical (unpaired) electrons. The maximum atomic E-state index is 12.4. The van der Waals surface area contributed by atoms with Crippen LogP contribution in [0.5, 0.6) is 0 Å². The van der Waals surface area contributed by atoms with Gasteiger partial charge < -0.3 is 9.80 Å². The van der Waals surface area contributed by atoms with Gasteiger partial charge in [-0.3, -0.25) is 9.59 Å². The number of rotatable bonds is 2. The maximum absolute atomic E-state index is 12.4. The van der Waals surface area contributed by atoms with Crippen molar-refractivity contribution in [2.45, 2.75) is 20.3 Å². The Hall–Kier alpha value is -1.07. The van der Waals surface area contributed by atoms with Gasteiger partial charge in [-0.1, -0.05) is 25.4 Å². The predicted octanol–water partition coefficient (Wildman–Crippen LogP) is 2.73. The van der Waals surface area contributed by atoms with Crippen LogP contribution in [0.25, 0.3) is 0 Å². The normalized spacial score (nSPS) is 16.4. The van der Waals surface area contributed by atoms with Crippen LogP contribution in [0.15, 0.2) is 12.1 Å². The Kier molecular flexibility index (Phi) is 5.05. The van der Waals surface area contributed by atoms with Crippen LogP contribution in [0, 0.1) is 5.92 Å². The third kappa shape index (κ3) is 3.52. The van der Waals surface area contributed by atoms with Crippen LogP contribution < -0.4 is 0 Å². The Bertz CT molecular complexity index is 501. The molecule has 0 aliphatic carbocycles. The molecule has 6 heteroatoms. The number of hydrogen-bond donors (Lipinski definition) is 0. The van der Waals surface area contributed by atoms with Gasteiger partial charge in [-0.2, -0.15) is 0 Å². The fraction of sp³-hybridized carbons (Fsp3) is 0.571. The molecule has 20 heavy (non-hydrogen) atoms. The second-order valence-electron chi connectivity index (χ2n) is 5.23. The third-order valence-corrected chi connectivity index (χ3v) is 4.59. The fourth-order valence-corrected chi connectivity index (χ4v) is 3.30. The Morgan fingerprint density at radius 2 is 1.80 bits per heavy atom. The molecule has 0 bridgehead atoms. The van der Waals surface area contributed by atoms with Gasteiger partial charge in [0.15, 0.2) is 0 Å². The van der Waals surface area contributed by atoms with Crippen molar-refractivity contribution >= 4 is 34.8 Å². The molecule has 0 unspecified atom stereocenters. The zero-order chi connectivity index (χ0) is 14.7. The lowest BCUT2D eigenvalue weighted by Crippen LogP contribution is -2.38. The average molecular weight is 315 g/mol. The van der Waals surface area contributed by atoms with Crippen molar-refractivity contribution in [1.82, 2.24) is 9.80 Å². The molecule has 0 N–H and O–H groups in total. The molecule has 1 aromatic heterocycles. The van der Waals surface area contributed by atoms with Crippen LogP contribution in [-0.4, -0.2) is 47.8 Å². The molecule has 0 spiro atoms. The van der Waals surface area contributed by atoms with Gasteiger partial charge in [-0.25, -0.2) is 0 Å². The third-order valence-electron chi connectivity index (χ3n) is 3.37. The minimum atomic E-state index is 0.00774. The highest BCUT2D eigenvalue weighted by Gasteiger charge is 2.24. The monoisotopic (exact) mass is 314 g/mol. The van der Waals surface area contributed by atoms with E-state index in [2.05, 4.69) is 0 Å². The fourth-order valence-electron chi connectivity index (χ4n) is 2.29. The first-order valence-electron chi connectivity index (χ1n) is 6.82. The second kappa shape index (κ2) is 6.59. The Balaban J connectivity index is 1.99. The largest absolute Gasteiger partial charge is 0.341 e. The Labute approximate surface area is 128 Å². The number of nitrogens with zero attached hydrogens (tertiary/aromatic N) is 2. The average Bonchev–Trinajstić information content (AvgIpc) is 2.71. The second-order valence-corrected chi connectivity index (χ2v) is 6.94. The van der Waals surface area contributed by atoms with Crippen molar-refractivity contribution in [2.24, 2.45) is 5.92 Å². The minimum Gasteiger partial charge on any atom is -0.341 e. The van der Waals surface area contributed by atoms with Crippen molar-refractivity contribution in [3.8, 4) is 0 Å². The first-order valence-corrected chi connectivity index (χ1v) is 8.02. The summed E-state index contributed by atoms with van der Waals surface area (Å²) < 4.78 is 0.625. The van der Waals surface area contributed by atoms with Gasteiger partial charge in [0.25, 0.3) is 5.91 Å². The van der Waals surface area contributed by atoms with Gasteiger partial charge in [0.05, 0.1) is 9.21 Å². The van der Waals surface area contributed by atoms with E-state index >= 15 is 0 Å². The number of amides is 2.